The van der Waals surface area contributed by atoms with Gasteiger partial charge in [0.25, 0.3) is 0 Å². The van der Waals surface area contributed by atoms with E-state index in [1.165, 1.54) is 0 Å². The van der Waals surface area contributed by atoms with Crippen LogP contribution < -0.4 is 11.1 Å². The van der Waals surface area contributed by atoms with Gasteiger partial charge in [-0.25, -0.2) is 0 Å². The van der Waals surface area contributed by atoms with Crippen molar-refractivity contribution in [3.63, 3.8) is 0 Å². The van der Waals surface area contributed by atoms with Crippen LogP contribution in [-0.2, 0) is 4.79 Å². The van der Waals surface area contributed by atoms with Gasteiger partial charge in [0.15, 0.2) is 0 Å². The van der Waals surface area contributed by atoms with Crippen LogP contribution in [0, 0.1) is 0 Å². The Morgan fingerprint density at radius 1 is 0.692 bits per heavy atom. The van der Waals surface area contributed by atoms with E-state index in [0.717, 1.165) is 38.5 Å². The molecular weight excluding hydrogens is 320 g/mol. The van der Waals surface area contributed by atoms with Gasteiger partial charge in [-0.2, -0.15) is 0 Å². The van der Waals surface area contributed by atoms with Gasteiger partial charge in [0.1, 0.15) is 0 Å². The molecule has 0 unspecified atom stereocenters. The normalized spacial score (nSPS) is 12.8. The smallest absolute Gasteiger partial charge is 0.223 e. The van der Waals surface area contributed by atoms with Crippen molar-refractivity contribution in [2.45, 2.75) is 51.9 Å². The first kappa shape index (κ1) is 23.9. The fourth-order valence-electron chi connectivity index (χ4n) is 2.00. The molecule has 0 aromatic carbocycles. The minimum Gasteiger partial charge on any atom is -0.355 e. The van der Waals surface area contributed by atoms with Gasteiger partial charge in [-0.15, -0.1) is 0 Å². The van der Waals surface area contributed by atoms with Gasteiger partial charge >= 0.3 is 0 Å². The molecule has 26 heavy (non-hydrogen) atoms. The second-order valence-electron chi connectivity index (χ2n) is 5.76. The van der Waals surface area contributed by atoms with Gasteiger partial charge in [-0.3, -0.25) is 4.79 Å². The number of rotatable bonds is 15. The molecular formula is C23H36N2O. The van der Waals surface area contributed by atoms with Crippen molar-refractivity contribution in [2.24, 2.45) is 5.73 Å². The summed E-state index contributed by atoms with van der Waals surface area (Å²) in [6.07, 6.45) is 32.1. The van der Waals surface area contributed by atoms with E-state index in [2.05, 4.69) is 73.0 Å². The minimum absolute atomic E-state index is 0.0236. The van der Waals surface area contributed by atoms with E-state index in [-0.39, 0.29) is 5.91 Å². The van der Waals surface area contributed by atoms with Crippen molar-refractivity contribution in [2.75, 3.05) is 13.1 Å². The zero-order valence-electron chi connectivity index (χ0n) is 16.3. The number of nitrogens with two attached hydrogens (primary N) is 1. The molecule has 3 N–H and O–H groups in total. The Labute approximate surface area is 160 Å². The summed E-state index contributed by atoms with van der Waals surface area (Å²) in [6, 6.07) is 0. The third-order valence-electron chi connectivity index (χ3n) is 3.37. The van der Waals surface area contributed by atoms with Crippen LogP contribution in [0.15, 0.2) is 72.9 Å². The van der Waals surface area contributed by atoms with Crippen LogP contribution in [0.5, 0.6) is 0 Å². The quantitative estimate of drug-likeness (QED) is 0.399. The first-order valence-electron chi connectivity index (χ1n) is 9.68. The molecule has 0 heterocycles. The summed E-state index contributed by atoms with van der Waals surface area (Å²) in [7, 11) is 0. The Bertz CT molecular complexity index is 496. The van der Waals surface area contributed by atoms with E-state index in [1.807, 2.05) is 12.2 Å². The molecule has 0 atom stereocenters. The van der Waals surface area contributed by atoms with Gasteiger partial charge in [0.2, 0.25) is 5.91 Å². The molecule has 0 aliphatic rings. The van der Waals surface area contributed by atoms with E-state index < -0.39 is 0 Å². The summed E-state index contributed by atoms with van der Waals surface area (Å²) in [4.78, 5) is 11.3. The summed E-state index contributed by atoms with van der Waals surface area (Å²) in [6.45, 7) is 3.18. The molecule has 0 aliphatic heterocycles. The maximum absolute atomic E-state index is 11.3. The topological polar surface area (TPSA) is 55.1 Å². The van der Waals surface area contributed by atoms with E-state index >= 15 is 0 Å². The Balaban J connectivity index is 3.56. The minimum atomic E-state index is 0.0236. The Morgan fingerprint density at radius 2 is 1.08 bits per heavy atom. The molecule has 0 aromatic heterocycles. The number of amides is 1. The number of allylic oxidation sites excluding steroid dienone is 11. The molecule has 144 valence electrons. The highest BCUT2D eigenvalue weighted by molar-refractivity contribution is 5.77. The predicted molar refractivity (Wildman–Crippen MR) is 115 cm³/mol. The van der Waals surface area contributed by atoms with Crippen LogP contribution in [-0.4, -0.2) is 19.0 Å². The molecule has 0 fully saturated rings. The summed E-state index contributed by atoms with van der Waals surface area (Å²) < 4.78 is 0. The van der Waals surface area contributed by atoms with Crippen LogP contribution in [0.3, 0.4) is 0 Å². The third kappa shape index (κ3) is 19.9. The maximum atomic E-state index is 11.3. The molecule has 0 rings (SSSR count). The SMILES string of the molecule is CCC=CCC=CCC=CCC=CCC=CCC=CCC(=O)NCCN. The van der Waals surface area contributed by atoms with Crippen LogP contribution >= 0.6 is 0 Å². The zero-order valence-corrected chi connectivity index (χ0v) is 16.3. The van der Waals surface area contributed by atoms with Gasteiger partial charge in [0, 0.05) is 19.5 Å². The first-order chi connectivity index (χ1) is 12.8. The molecule has 0 bridgehead atoms. The van der Waals surface area contributed by atoms with E-state index in [9.17, 15) is 4.79 Å². The monoisotopic (exact) mass is 356 g/mol. The fraction of sp³-hybridized carbons (Fsp3) is 0.435. The highest BCUT2D eigenvalue weighted by atomic mass is 16.1. The molecule has 0 spiro atoms. The number of hydrogen-bond donors (Lipinski definition) is 2. The van der Waals surface area contributed by atoms with Crippen molar-refractivity contribution in [1.82, 2.24) is 5.32 Å². The van der Waals surface area contributed by atoms with Crippen molar-refractivity contribution in [3.05, 3.63) is 72.9 Å². The largest absolute Gasteiger partial charge is 0.355 e. The number of hydrogen-bond acceptors (Lipinski definition) is 2. The van der Waals surface area contributed by atoms with Gasteiger partial charge in [-0.05, 0) is 38.5 Å². The number of carbonyl (C=O) groups excluding carboxylic acids is 1. The lowest BCUT2D eigenvalue weighted by atomic mass is 10.2. The van der Waals surface area contributed by atoms with Crippen LogP contribution in [0.1, 0.15) is 51.9 Å². The highest BCUT2D eigenvalue weighted by Gasteiger charge is 1.93. The summed E-state index contributed by atoms with van der Waals surface area (Å²) in [5, 5.41) is 2.73. The Kier molecular flexibility index (Phi) is 19.2. The molecule has 0 aliphatic carbocycles. The summed E-state index contributed by atoms with van der Waals surface area (Å²) in [5.41, 5.74) is 5.32. The van der Waals surface area contributed by atoms with E-state index in [4.69, 9.17) is 5.73 Å². The Morgan fingerprint density at radius 3 is 1.46 bits per heavy atom. The van der Waals surface area contributed by atoms with Gasteiger partial charge < -0.3 is 11.1 Å². The van der Waals surface area contributed by atoms with Gasteiger partial charge in [0.05, 0.1) is 0 Å². The summed E-state index contributed by atoms with van der Waals surface area (Å²) >= 11 is 0. The standard InChI is InChI=1S/C23H36N2O/c1-2-3-4-5-6-7-8-9-10-11-12-13-14-15-16-17-18-19-20-23(26)25-22-21-24/h3-4,6-7,9-10,12-13,15-16,18-19H,2,5,8,11,14,17,20-22,24H2,1H3,(H,25,26). The molecule has 1 amide bonds. The number of carbonyl (C=O) groups is 1. The molecule has 0 saturated heterocycles. The lowest BCUT2D eigenvalue weighted by Crippen LogP contribution is -2.28. The summed E-state index contributed by atoms with van der Waals surface area (Å²) in [5.74, 6) is 0.0236. The van der Waals surface area contributed by atoms with E-state index in [1.54, 1.807) is 0 Å². The lowest BCUT2D eigenvalue weighted by molar-refractivity contribution is -0.120. The van der Waals surface area contributed by atoms with Crippen LogP contribution in [0.4, 0.5) is 0 Å². The molecule has 0 aromatic rings. The lowest BCUT2D eigenvalue weighted by Gasteiger charge is -1.98. The van der Waals surface area contributed by atoms with Crippen molar-refractivity contribution in [1.29, 1.82) is 0 Å². The maximum Gasteiger partial charge on any atom is 0.223 e. The Hall–Kier alpha value is -2.13. The molecule has 0 saturated carbocycles. The number of nitrogens with one attached hydrogen (secondary N) is 1. The second kappa shape index (κ2) is 20.9. The van der Waals surface area contributed by atoms with Crippen molar-refractivity contribution < 1.29 is 4.79 Å². The predicted octanol–water partition coefficient (Wildman–Crippen LogP) is 5.15. The average Bonchev–Trinajstić information content (AvgIpc) is 2.65. The average molecular weight is 357 g/mol. The third-order valence-corrected chi connectivity index (χ3v) is 3.37. The van der Waals surface area contributed by atoms with Crippen molar-refractivity contribution in [3.8, 4) is 0 Å². The fourth-order valence-corrected chi connectivity index (χ4v) is 2.00. The van der Waals surface area contributed by atoms with Crippen LogP contribution in [0.2, 0.25) is 0 Å². The van der Waals surface area contributed by atoms with Gasteiger partial charge in [-0.1, -0.05) is 79.8 Å². The second-order valence-corrected chi connectivity index (χ2v) is 5.76. The van der Waals surface area contributed by atoms with Crippen LogP contribution in [0.25, 0.3) is 0 Å². The van der Waals surface area contributed by atoms with E-state index in [0.29, 0.717) is 19.5 Å². The zero-order chi connectivity index (χ0) is 19.1. The van der Waals surface area contributed by atoms with Crippen molar-refractivity contribution >= 4 is 5.91 Å². The first-order valence-corrected chi connectivity index (χ1v) is 9.68. The highest BCUT2D eigenvalue weighted by Crippen LogP contribution is 1.96. The molecule has 3 heteroatoms. The molecule has 0 radical (unpaired) electrons. The molecule has 3 nitrogen and oxygen atoms in total.